The summed E-state index contributed by atoms with van der Waals surface area (Å²) in [5.41, 5.74) is 1.06. The highest BCUT2D eigenvalue weighted by atomic mass is 16.5. The molecule has 0 spiro atoms. The van der Waals surface area contributed by atoms with Crippen LogP contribution in [0.3, 0.4) is 0 Å². The Labute approximate surface area is 107 Å². The number of Topliss-reactive ketones (excluding diaryl/α,β-unsaturated/α-hetero) is 1. The molecule has 1 N–H and O–H groups in total. The molecule has 4 nitrogen and oxygen atoms in total. The van der Waals surface area contributed by atoms with E-state index in [-0.39, 0.29) is 18.1 Å². The van der Waals surface area contributed by atoms with E-state index in [1.54, 1.807) is 6.07 Å². The van der Waals surface area contributed by atoms with E-state index in [0.29, 0.717) is 17.5 Å². The average molecular weight is 250 g/mol. The van der Waals surface area contributed by atoms with Crippen LogP contribution in [0, 0.1) is 0 Å². The Morgan fingerprint density at radius 2 is 2.06 bits per heavy atom. The summed E-state index contributed by atoms with van der Waals surface area (Å²) in [6.07, 6.45) is 2.24. The fraction of sp³-hybridized carbons (Fsp3) is 0.429. The van der Waals surface area contributed by atoms with Crippen LogP contribution < -0.4 is 0 Å². The van der Waals surface area contributed by atoms with E-state index in [1.807, 2.05) is 6.92 Å². The lowest BCUT2D eigenvalue weighted by molar-refractivity contribution is -0.142. The van der Waals surface area contributed by atoms with Gasteiger partial charge in [-0.2, -0.15) is 0 Å². The van der Waals surface area contributed by atoms with Crippen molar-refractivity contribution < 1.29 is 19.4 Å². The maximum atomic E-state index is 12.0. The number of phenols is 1. The minimum absolute atomic E-state index is 0.0108. The van der Waals surface area contributed by atoms with Crippen LogP contribution in [0.25, 0.3) is 0 Å². The van der Waals surface area contributed by atoms with E-state index in [0.717, 1.165) is 12.8 Å². The zero-order valence-corrected chi connectivity index (χ0v) is 10.7. The van der Waals surface area contributed by atoms with Crippen LogP contribution in [0.2, 0.25) is 0 Å². The van der Waals surface area contributed by atoms with Crippen LogP contribution in [0.5, 0.6) is 5.75 Å². The molecular weight excluding hydrogens is 232 g/mol. The number of hydrogen-bond donors (Lipinski definition) is 1. The molecule has 0 heterocycles. The van der Waals surface area contributed by atoms with Crippen LogP contribution >= 0.6 is 0 Å². The highest BCUT2D eigenvalue weighted by Crippen LogP contribution is 2.20. The molecule has 0 unspecified atom stereocenters. The first-order valence-electron chi connectivity index (χ1n) is 6.03. The Hall–Kier alpha value is -1.84. The van der Waals surface area contributed by atoms with Crippen molar-refractivity contribution in [1.29, 1.82) is 0 Å². The van der Waals surface area contributed by atoms with Gasteiger partial charge in [-0.15, -0.1) is 0 Å². The highest BCUT2D eigenvalue weighted by molar-refractivity contribution is 5.97. The number of aromatic hydroxyl groups is 1. The Kier molecular flexibility index (Phi) is 5.36. The summed E-state index contributed by atoms with van der Waals surface area (Å²) in [6.45, 7) is 3.34. The highest BCUT2D eigenvalue weighted by Gasteiger charge is 2.12. The molecule has 0 saturated heterocycles. The van der Waals surface area contributed by atoms with E-state index < -0.39 is 5.97 Å². The molecule has 0 aliphatic carbocycles. The zero-order chi connectivity index (χ0) is 13.5. The molecule has 0 bridgehead atoms. The van der Waals surface area contributed by atoms with E-state index in [4.69, 9.17) is 4.74 Å². The van der Waals surface area contributed by atoms with Gasteiger partial charge in [0.1, 0.15) is 12.4 Å². The third-order valence-corrected chi connectivity index (χ3v) is 2.58. The van der Waals surface area contributed by atoms with Gasteiger partial charge in [-0.05, 0) is 24.6 Å². The van der Waals surface area contributed by atoms with Crippen molar-refractivity contribution in [2.24, 2.45) is 0 Å². The number of carbonyl (C=O) groups is 2. The van der Waals surface area contributed by atoms with Crippen molar-refractivity contribution in [2.45, 2.75) is 39.7 Å². The van der Waals surface area contributed by atoms with Crippen LogP contribution in [0.15, 0.2) is 18.2 Å². The van der Waals surface area contributed by atoms with Crippen LogP contribution in [0.4, 0.5) is 0 Å². The molecule has 1 aromatic rings. The normalized spacial score (nSPS) is 10.1. The molecule has 98 valence electrons. The zero-order valence-electron chi connectivity index (χ0n) is 10.7. The van der Waals surface area contributed by atoms with Crippen molar-refractivity contribution in [3.63, 3.8) is 0 Å². The van der Waals surface area contributed by atoms with Gasteiger partial charge in [0.2, 0.25) is 0 Å². The summed E-state index contributed by atoms with van der Waals surface area (Å²) in [6, 6.07) is 4.50. The van der Waals surface area contributed by atoms with Gasteiger partial charge in [-0.1, -0.05) is 13.3 Å². The molecule has 0 radical (unpaired) electrons. The predicted molar refractivity (Wildman–Crippen MR) is 67.4 cm³/mol. The van der Waals surface area contributed by atoms with Crippen LogP contribution in [-0.4, -0.2) is 16.9 Å². The van der Waals surface area contributed by atoms with Gasteiger partial charge in [0.25, 0.3) is 0 Å². The molecular formula is C14H18O4. The van der Waals surface area contributed by atoms with Gasteiger partial charge in [-0.3, -0.25) is 9.59 Å². The second-order valence-corrected chi connectivity index (χ2v) is 4.15. The summed E-state index contributed by atoms with van der Waals surface area (Å²) in [4.78, 5) is 22.7. The number of carbonyl (C=O) groups excluding carboxylic acids is 2. The second kappa shape index (κ2) is 6.79. The summed E-state index contributed by atoms with van der Waals surface area (Å²) in [5.74, 6) is -0.339. The van der Waals surface area contributed by atoms with Crippen molar-refractivity contribution >= 4 is 11.8 Å². The topological polar surface area (TPSA) is 63.6 Å². The van der Waals surface area contributed by atoms with Crippen LogP contribution in [-0.2, 0) is 16.1 Å². The molecule has 0 amide bonds. The van der Waals surface area contributed by atoms with Crippen molar-refractivity contribution in [3.8, 4) is 5.75 Å². The average Bonchev–Trinajstić information content (AvgIpc) is 2.33. The first kappa shape index (κ1) is 14.2. The number of phenolic OH excluding ortho intramolecular Hbond substituents is 1. The molecule has 0 aromatic heterocycles. The summed E-state index contributed by atoms with van der Waals surface area (Å²) < 4.78 is 4.88. The van der Waals surface area contributed by atoms with Crippen molar-refractivity contribution in [3.05, 3.63) is 29.3 Å². The first-order valence-corrected chi connectivity index (χ1v) is 6.03. The fourth-order valence-electron chi connectivity index (χ4n) is 1.62. The minimum Gasteiger partial charge on any atom is -0.508 e. The number of esters is 1. The maximum Gasteiger partial charge on any atom is 0.302 e. The molecule has 1 rings (SSSR count). The number of ketones is 1. The summed E-state index contributed by atoms with van der Waals surface area (Å²) in [7, 11) is 0. The van der Waals surface area contributed by atoms with Crippen molar-refractivity contribution in [2.75, 3.05) is 0 Å². The lowest BCUT2D eigenvalue weighted by Crippen LogP contribution is -2.07. The second-order valence-electron chi connectivity index (χ2n) is 4.15. The van der Waals surface area contributed by atoms with E-state index in [1.165, 1.54) is 19.1 Å². The van der Waals surface area contributed by atoms with Gasteiger partial charge >= 0.3 is 5.97 Å². The molecule has 4 heteroatoms. The quantitative estimate of drug-likeness (QED) is 0.623. The smallest absolute Gasteiger partial charge is 0.302 e. The number of rotatable bonds is 6. The third kappa shape index (κ3) is 4.20. The van der Waals surface area contributed by atoms with Gasteiger partial charge in [0, 0.05) is 24.5 Å². The molecule has 1 aromatic carbocycles. The third-order valence-electron chi connectivity index (χ3n) is 2.58. The molecule has 0 aliphatic rings. The number of benzene rings is 1. The molecule has 18 heavy (non-hydrogen) atoms. The van der Waals surface area contributed by atoms with Gasteiger partial charge in [0.15, 0.2) is 5.78 Å². The largest absolute Gasteiger partial charge is 0.508 e. The van der Waals surface area contributed by atoms with Gasteiger partial charge in [0.05, 0.1) is 0 Å². The van der Waals surface area contributed by atoms with E-state index in [2.05, 4.69) is 0 Å². The molecule has 0 saturated carbocycles. The first-order chi connectivity index (χ1) is 8.54. The molecule has 0 fully saturated rings. The van der Waals surface area contributed by atoms with Gasteiger partial charge in [-0.25, -0.2) is 0 Å². The number of hydrogen-bond acceptors (Lipinski definition) is 4. The van der Waals surface area contributed by atoms with E-state index >= 15 is 0 Å². The SMILES string of the molecule is CCCCC(=O)c1ccc(O)cc1COC(C)=O. The fourth-order valence-corrected chi connectivity index (χ4v) is 1.62. The monoisotopic (exact) mass is 250 g/mol. The Morgan fingerprint density at radius 3 is 2.67 bits per heavy atom. The number of ether oxygens (including phenoxy) is 1. The lowest BCUT2D eigenvalue weighted by atomic mass is 10.00. The van der Waals surface area contributed by atoms with Crippen molar-refractivity contribution in [1.82, 2.24) is 0 Å². The van der Waals surface area contributed by atoms with Crippen LogP contribution in [0.1, 0.15) is 49.0 Å². The Bertz CT molecular complexity index is 437. The Morgan fingerprint density at radius 1 is 1.33 bits per heavy atom. The lowest BCUT2D eigenvalue weighted by Gasteiger charge is -2.09. The summed E-state index contributed by atoms with van der Waals surface area (Å²) >= 11 is 0. The standard InChI is InChI=1S/C14H18O4/c1-3-4-5-14(17)13-7-6-12(16)8-11(13)9-18-10(2)15/h6-8,16H,3-5,9H2,1-2H3. The predicted octanol–water partition coefficient (Wildman–Crippen LogP) is 2.83. The van der Waals surface area contributed by atoms with E-state index in [9.17, 15) is 14.7 Å². The maximum absolute atomic E-state index is 12.0. The molecule has 0 atom stereocenters. The molecule has 0 aliphatic heterocycles. The minimum atomic E-state index is -0.412. The Balaban J connectivity index is 2.88. The number of unbranched alkanes of at least 4 members (excludes halogenated alkanes) is 1. The van der Waals surface area contributed by atoms with Gasteiger partial charge < -0.3 is 9.84 Å². The summed E-state index contributed by atoms with van der Waals surface area (Å²) in [5, 5.41) is 9.41.